The molecule has 0 saturated carbocycles. The van der Waals surface area contributed by atoms with Crippen LogP contribution in [0.3, 0.4) is 0 Å². The quantitative estimate of drug-likeness (QED) is 0.418. The molecule has 0 bridgehead atoms. The van der Waals surface area contributed by atoms with E-state index in [4.69, 9.17) is 11.6 Å². The van der Waals surface area contributed by atoms with E-state index in [1.807, 2.05) is 33.8 Å². The fourth-order valence-electron chi connectivity index (χ4n) is 3.81. The molecule has 0 radical (unpaired) electrons. The Morgan fingerprint density at radius 2 is 1.71 bits per heavy atom. The Morgan fingerprint density at radius 3 is 2.29 bits per heavy atom. The zero-order valence-electron chi connectivity index (χ0n) is 21.2. The predicted octanol–water partition coefficient (Wildman–Crippen LogP) is 4.45. The highest BCUT2D eigenvalue weighted by molar-refractivity contribution is 7.92. The van der Waals surface area contributed by atoms with Crippen molar-refractivity contribution in [1.29, 1.82) is 0 Å². The zero-order chi connectivity index (χ0) is 26.2. The summed E-state index contributed by atoms with van der Waals surface area (Å²) in [6.45, 7) is 7.86. The summed E-state index contributed by atoms with van der Waals surface area (Å²) in [6, 6.07) is 11.6. The second-order valence-electron chi connectivity index (χ2n) is 8.71. The van der Waals surface area contributed by atoms with E-state index >= 15 is 0 Å². The molecule has 35 heavy (non-hydrogen) atoms. The molecule has 2 aromatic rings. The van der Waals surface area contributed by atoms with Gasteiger partial charge in [-0.1, -0.05) is 56.1 Å². The molecule has 0 unspecified atom stereocenters. The number of sulfonamides is 1. The minimum atomic E-state index is -3.77. The minimum Gasteiger partial charge on any atom is -0.354 e. The van der Waals surface area contributed by atoms with E-state index < -0.39 is 28.5 Å². The molecule has 2 amide bonds. The number of amides is 2. The first-order valence-electron chi connectivity index (χ1n) is 11.8. The molecule has 2 aromatic carbocycles. The second kappa shape index (κ2) is 12.9. The largest absolute Gasteiger partial charge is 0.354 e. The molecule has 0 aromatic heterocycles. The summed E-state index contributed by atoms with van der Waals surface area (Å²) in [5.74, 6) is -0.704. The first-order chi connectivity index (χ1) is 16.5. The van der Waals surface area contributed by atoms with Crippen molar-refractivity contribution in [1.82, 2.24) is 10.2 Å². The Bertz CT molecular complexity index is 1120. The van der Waals surface area contributed by atoms with E-state index in [-0.39, 0.29) is 12.5 Å². The number of aryl methyl sites for hydroxylation is 1. The van der Waals surface area contributed by atoms with Gasteiger partial charge >= 0.3 is 0 Å². The zero-order valence-corrected chi connectivity index (χ0v) is 22.7. The predicted molar refractivity (Wildman–Crippen MR) is 142 cm³/mol. The minimum absolute atomic E-state index is 0.153. The number of anilines is 1. The van der Waals surface area contributed by atoms with Gasteiger partial charge in [0.15, 0.2) is 0 Å². The van der Waals surface area contributed by atoms with Gasteiger partial charge in [-0.05, 0) is 61.6 Å². The second-order valence-corrected chi connectivity index (χ2v) is 11.0. The molecular formula is C26H36ClN3O4S. The number of carbonyl (C=O) groups is 2. The van der Waals surface area contributed by atoms with Crippen molar-refractivity contribution >= 4 is 39.1 Å². The van der Waals surface area contributed by atoms with Crippen molar-refractivity contribution < 1.29 is 18.0 Å². The lowest BCUT2D eigenvalue weighted by molar-refractivity contribution is -0.140. The number of nitrogens with one attached hydrogen (secondary N) is 1. The summed E-state index contributed by atoms with van der Waals surface area (Å²) in [4.78, 5) is 28.2. The van der Waals surface area contributed by atoms with Gasteiger partial charge in [0.2, 0.25) is 21.8 Å². The lowest BCUT2D eigenvalue weighted by atomic mass is 10.1. The van der Waals surface area contributed by atoms with Gasteiger partial charge in [-0.15, -0.1) is 0 Å². The summed E-state index contributed by atoms with van der Waals surface area (Å²) in [5.41, 5.74) is 2.94. The van der Waals surface area contributed by atoms with Crippen molar-refractivity contribution in [2.45, 2.75) is 59.5 Å². The highest BCUT2D eigenvalue weighted by Gasteiger charge is 2.32. The average molecular weight is 522 g/mol. The average Bonchev–Trinajstić information content (AvgIpc) is 2.80. The van der Waals surface area contributed by atoms with Crippen LogP contribution in [0.25, 0.3) is 0 Å². The van der Waals surface area contributed by atoms with Crippen LogP contribution in [0.4, 0.5) is 5.69 Å². The van der Waals surface area contributed by atoms with Crippen LogP contribution >= 0.6 is 11.6 Å². The van der Waals surface area contributed by atoms with Gasteiger partial charge in [0.1, 0.15) is 12.6 Å². The molecule has 0 spiro atoms. The van der Waals surface area contributed by atoms with Crippen LogP contribution in [-0.4, -0.2) is 50.5 Å². The van der Waals surface area contributed by atoms with Crippen LogP contribution in [0.2, 0.25) is 5.02 Å². The number of rotatable bonds is 12. The SMILES string of the molecule is CCCCNC(=O)[C@@H](CC)N(Cc1ccc(Cl)cc1)C(=O)CN(c1cccc(C)c1C)S(C)(=O)=O. The molecule has 0 aliphatic heterocycles. The summed E-state index contributed by atoms with van der Waals surface area (Å²) in [6.07, 6.45) is 3.24. The molecular weight excluding hydrogens is 486 g/mol. The third-order valence-corrected chi connectivity index (χ3v) is 7.38. The van der Waals surface area contributed by atoms with Crippen molar-refractivity contribution in [3.05, 3.63) is 64.2 Å². The number of unbranched alkanes of at least 4 members (excludes halogenated alkanes) is 1. The summed E-state index contributed by atoms with van der Waals surface area (Å²) >= 11 is 6.02. The van der Waals surface area contributed by atoms with E-state index in [9.17, 15) is 18.0 Å². The fraction of sp³-hybridized carbons (Fsp3) is 0.462. The number of hydrogen-bond acceptors (Lipinski definition) is 4. The number of carbonyl (C=O) groups excluding carboxylic acids is 2. The van der Waals surface area contributed by atoms with Crippen LogP contribution in [0, 0.1) is 13.8 Å². The maximum Gasteiger partial charge on any atom is 0.244 e. The summed E-state index contributed by atoms with van der Waals surface area (Å²) in [7, 11) is -3.77. The Balaban J connectivity index is 2.43. The monoisotopic (exact) mass is 521 g/mol. The van der Waals surface area contributed by atoms with E-state index in [2.05, 4.69) is 5.32 Å². The van der Waals surface area contributed by atoms with E-state index in [0.717, 1.165) is 40.1 Å². The molecule has 1 N–H and O–H groups in total. The van der Waals surface area contributed by atoms with Crippen molar-refractivity contribution in [2.75, 3.05) is 23.7 Å². The number of hydrogen-bond donors (Lipinski definition) is 1. The molecule has 1 atom stereocenters. The van der Waals surface area contributed by atoms with Crippen LogP contribution < -0.4 is 9.62 Å². The lowest BCUT2D eigenvalue weighted by Crippen LogP contribution is -2.52. The first kappa shape index (κ1) is 28.7. The topological polar surface area (TPSA) is 86.8 Å². The molecule has 0 aliphatic rings. The number of halogens is 1. The molecule has 7 nitrogen and oxygen atoms in total. The number of nitrogens with zero attached hydrogens (tertiary/aromatic N) is 2. The summed E-state index contributed by atoms with van der Waals surface area (Å²) < 4.78 is 26.6. The van der Waals surface area contributed by atoms with Crippen molar-refractivity contribution in [3.8, 4) is 0 Å². The molecule has 0 saturated heterocycles. The third-order valence-electron chi connectivity index (χ3n) is 6.01. The molecule has 0 aliphatic carbocycles. The standard InChI is InChI=1S/C26H36ClN3O4S/c1-6-8-16-28-26(32)23(7-2)29(17-21-12-14-22(27)15-13-21)25(31)18-30(35(5,33)34)24-11-9-10-19(3)20(24)4/h9-15,23H,6-8,16-18H2,1-5H3,(H,28,32)/t23-/m1/s1. The fourth-order valence-corrected chi connectivity index (χ4v) is 4.84. The molecule has 192 valence electrons. The maximum absolute atomic E-state index is 13.7. The van der Waals surface area contributed by atoms with Crippen LogP contribution in [-0.2, 0) is 26.2 Å². The van der Waals surface area contributed by atoms with Gasteiger partial charge in [0, 0.05) is 18.1 Å². The summed E-state index contributed by atoms with van der Waals surface area (Å²) in [5, 5.41) is 3.47. The highest BCUT2D eigenvalue weighted by Crippen LogP contribution is 2.25. The Hall–Kier alpha value is -2.58. The highest BCUT2D eigenvalue weighted by atomic mass is 35.5. The van der Waals surface area contributed by atoms with Gasteiger partial charge < -0.3 is 10.2 Å². The maximum atomic E-state index is 13.7. The molecule has 0 fully saturated rings. The van der Waals surface area contributed by atoms with Crippen LogP contribution in [0.1, 0.15) is 49.8 Å². The number of benzene rings is 2. The van der Waals surface area contributed by atoms with E-state index in [1.165, 1.54) is 4.90 Å². The Kier molecular flexibility index (Phi) is 10.6. The van der Waals surface area contributed by atoms with Gasteiger partial charge in [-0.25, -0.2) is 8.42 Å². The van der Waals surface area contributed by atoms with Gasteiger partial charge in [0.25, 0.3) is 0 Å². The Labute approximate surface area is 214 Å². The van der Waals surface area contributed by atoms with Gasteiger partial charge in [0.05, 0.1) is 11.9 Å². The normalized spacial score (nSPS) is 12.2. The smallest absolute Gasteiger partial charge is 0.244 e. The van der Waals surface area contributed by atoms with Gasteiger partial charge in [-0.3, -0.25) is 13.9 Å². The van der Waals surface area contributed by atoms with Crippen LogP contribution in [0.15, 0.2) is 42.5 Å². The third kappa shape index (κ3) is 7.97. The van der Waals surface area contributed by atoms with Gasteiger partial charge in [-0.2, -0.15) is 0 Å². The van der Waals surface area contributed by atoms with E-state index in [0.29, 0.717) is 23.7 Å². The molecule has 2 rings (SSSR count). The van der Waals surface area contributed by atoms with Crippen molar-refractivity contribution in [2.24, 2.45) is 0 Å². The molecule has 9 heteroatoms. The lowest BCUT2D eigenvalue weighted by Gasteiger charge is -2.33. The molecule has 0 heterocycles. The Morgan fingerprint density at radius 1 is 1.06 bits per heavy atom. The first-order valence-corrected chi connectivity index (χ1v) is 14.1. The van der Waals surface area contributed by atoms with E-state index in [1.54, 1.807) is 36.4 Å². The van der Waals surface area contributed by atoms with Crippen LogP contribution in [0.5, 0.6) is 0 Å². The van der Waals surface area contributed by atoms with Crippen molar-refractivity contribution in [3.63, 3.8) is 0 Å².